The molecule has 2 rings (SSSR count). The molecule has 0 amide bonds. The zero-order chi connectivity index (χ0) is 14.4. The molecule has 0 aliphatic carbocycles. The molecule has 0 radical (unpaired) electrons. The third-order valence-electron chi connectivity index (χ3n) is 4.38. The number of piperidine rings is 1. The van der Waals surface area contributed by atoms with Gasteiger partial charge in [-0.3, -0.25) is 0 Å². The maximum absolute atomic E-state index is 5.95. The Bertz CT molecular complexity index is 382. The quantitative estimate of drug-likeness (QED) is 0.849. The van der Waals surface area contributed by atoms with E-state index in [2.05, 4.69) is 36.2 Å². The van der Waals surface area contributed by atoms with Crippen LogP contribution in [0.15, 0.2) is 24.3 Å². The van der Waals surface area contributed by atoms with Crippen LogP contribution in [0.1, 0.15) is 44.7 Å². The van der Waals surface area contributed by atoms with Crippen LogP contribution < -0.4 is 5.32 Å². The molecule has 1 aromatic carbocycles. The van der Waals surface area contributed by atoms with E-state index in [1.54, 1.807) is 0 Å². The van der Waals surface area contributed by atoms with Crippen LogP contribution in [0.3, 0.4) is 0 Å². The molecule has 1 heterocycles. The van der Waals surface area contributed by atoms with Crippen molar-refractivity contribution in [1.29, 1.82) is 0 Å². The van der Waals surface area contributed by atoms with E-state index in [1.165, 1.54) is 31.5 Å². The summed E-state index contributed by atoms with van der Waals surface area (Å²) in [6.45, 7) is 9.35. The second-order valence-electron chi connectivity index (χ2n) is 5.99. The normalized spacial score (nSPS) is 19.1. The van der Waals surface area contributed by atoms with E-state index in [0.717, 1.165) is 30.5 Å². The predicted molar refractivity (Wildman–Crippen MR) is 87.3 cm³/mol. The minimum absolute atomic E-state index is 0.441. The standard InChI is InChI=1S/C17H27ClN2/c1-3-17(15-4-6-16(18)7-5-15)19-10-13-20-11-8-14(2)9-12-20/h4-7,14,17,19H,3,8-13H2,1-2H3. The van der Waals surface area contributed by atoms with Crippen molar-refractivity contribution in [3.05, 3.63) is 34.9 Å². The fourth-order valence-corrected chi connectivity index (χ4v) is 3.00. The van der Waals surface area contributed by atoms with E-state index in [1.807, 2.05) is 12.1 Å². The molecule has 112 valence electrons. The molecule has 0 bridgehead atoms. The molecule has 1 aliphatic heterocycles. The van der Waals surface area contributed by atoms with E-state index >= 15 is 0 Å². The zero-order valence-electron chi connectivity index (χ0n) is 12.7. The molecule has 1 unspecified atom stereocenters. The molecule has 0 saturated carbocycles. The Balaban J connectivity index is 1.75. The van der Waals surface area contributed by atoms with Gasteiger partial charge in [0.2, 0.25) is 0 Å². The van der Waals surface area contributed by atoms with Crippen molar-refractivity contribution < 1.29 is 0 Å². The third kappa shape index (κ3) is 4.76. The molecule has 1 aliphatic rings. The fraction of sp³-hybridized carbons (Fsp3) is 0.647. The molecular weight excluding hydrogens is 268 g/mol. The fourth-order valence-electron chi connectivity index (χ4n) is 2.88. The molecule has 0 aromatic heterocycles. The lowest BCUT2D eigenvalue weighted by atomic mass is 9.99. The summed E-state index contributed by atoms with van der Waals surface area (Å²) in [6.07, 6.45) is 3.82. The second kappa shape index (κ2) is 8.02. The third-order valence-corrected chi connectivity index (χ3v) is 4.63. The number of benzene rings is 1. The van der Waals surface area contributed by atoms with Gasteiger partial charge in [-0.25, -0.2) is 0 Å². The van der Waals surface area contributed by atoms with Crippen molar-refractivity contribution in [2.24, 2.45) is 5.92 Å². The van der Waals surface area contributed by atoms with Crippen LogP contribution in [0.5, 0.6) is 0 Å². The van der Waals surface area contributed by atoms with E-state index in [-0.39, 0.29) is 0 Å². The Hall–Kier alpha value is -0.570. The summed E-state index contributed by atoms with van der Waals surface area (Å²) in [4.78, 5) is 2.58. The van der Waals surface area contributed by atoms with E-state index in [0.29, 0.717) is 6.04 Å². The summed E-state index contributed by atoms with van der Waals surface area (Å²) in [5.74, 6) is 0.914. The number of nitrogens with one attached hydrogen (secondary N) is 1. The van der Waals surface area contributed by atoms with Crippen LogP contribution in [0, 0.1) is 5.92 Å². The summed E-state index contributed by atoms with van der Waals surface area (Å²) in [5, 5.41) is 4.49. The van der Waals surface area contributed by atoms with Gasteiger partial charge in [0.05, 0.1) is 0 Å². The Morgan fingerprint density at radius 2 is 1.90 bits per heavy atom. The van der Waals surface area contributed by atoms with Gasteiger partial charge in [-0.15, -0.1) is 0 Å². The Morgan fingerprint density at radius 3 is 2.50 bits per heavy atom. The average Bonchev–Trinajstić information content (AvgIpc) is 2.47. The Kier molecular flexibility index (Phi) is 6.34. The van der Waals surface area contributed by atoms with Crippen LogP contribution in [0.4, 0.5) is 0 Å². The van der Waals surface area contributed by atoms with Crippen molar-refractivity contribution in [1.82, 2.24) is 10.2 Å². The topological polar surface area (TPSA) is 15.3 Å². The highest BCUT2D eigenvalue weighted by atomic mass is 35.5. The lowest BCUT2D eigenvalue weighted by molar-refractivity contribution is 0.191. The van der Waals surface area contributed by atoms with Gasteiger partial charge in [0.15, 0.2) is 0 Å². The monoisotopic (exact) mass is 294 g/mol. The largest absolute Gasteiger partial charge is 0.309 e. The maximum Gasteiger partial charge on any atom is 0.0406 e. The van der Waals surface area contributed by atoms with Crippen LogP contribution in [0.25, 0.3) is 0 Å². The summed E-state index contributed by atoms with van der Waals surface area (Å²) in [6, 6.07) is 8.66. The first-order chi connectivity index (χ1) is 9.69. The highest BCUT2D eigenvalue weighted by Gasteiger charge is 2.15. The predicted octanol–water partition coefficient (Wildman–Crippen LogP) is 4.11. The second-order valence-corrected chi connectivity index (χ2v) is 6.43. The minimum Gasteiger partial charge on any atom is -0.309 e. The average molecular weight is 295 g/mol. The number of rotatable bonds is 6. The number of halogens is 1. The van der Waals surface area contributed by atoms with Gasteiger partial charge in [0.1, 0.15) is 0 Å². The van der Waals surface area contributed by atoms with Crippen molar-refractivity contribution in [3.8, 4) is 0 Å². The smallest absolute Gasteiger partial charge is 0.0406 e. The molecule has 2 nitrogen and oxygen atoms in total. The van der Waals surface area contributed by atoms with E-state index in [4.69, 9.17) is 11.6 Å². The van der Waals surface area contributed by atoms with E-state index < -0.39 is 0 Å². The molecular formula is C17H27ClN2. The van der Waals surface area contributed by atoms with Crippen LogP contribution in [-0.2, 0) is 0 Å². The van der Waals surface area contributed by atoms with Gasteiger partial charge in [-0.05, 0) is 56.0 Å². The summed E-state index contributed by atoms with van der Waals surface area (Å²) in [5.41, 5.74) is 1.34. The summed E-state index contributed by atoms with van der Waals surface area (Å²) >= 11 is 5.95. The minimum atomic E-state index is 0.441. The first-order valence-electron chi connectivity index (χ1n) is 7.90. The SMILES string of the molecule is CCC(NCCN1CCC(C)CC1)c1ccc(Cl)cc1. The van der Waals surface area contributed by atoms with Gasteiger partial charge in [-0.1, -0.05) is 37.6 Å². The van der Waals surface area contributed by atoms with Crippen LogP contribution in [-0.4, -0.2) is 31.1 Å². The number of nitrogens with zero attached hydrogens (tertiary/aromatic N) is 1. The Labute approximate surface area is 128 Å². The summed E-state index contributed by atoms with van der Waals surface area (Å²) < 4.78 is 0. The van der Waals surface area contributed by atoms with Crippen molar-refractivity contribution in [3.63, 3.8) is 0 Å². The van der Waals surface area contributed by atoms with Crippen LogP contribution >= 0.6 is 11.6 Å². The zero-order valence-corrected chi connectivity index (χ0v) is 13.5. The van der Waals surface area contributed by atoms with Crippen molar-refractivity contribution in [2.75, 3.05) is 26.2 Å². The number of hydrogen-bond acceptors (Lipinski definition) is 2. The van der Waals surface area contributed by atoms with Gasteiger partial charge in [0.25, 0.3) is 0 Å². The molecule has 1 saturated heterocycles. The van der Waals surface area contributed by atoms with Crippen molar-refractivity contribution in [2.45, 2.75) is 39.2 Å². The van der Waals surface area contributed by atoms with Crippen LogP contribution in [0.2, 0.25) is 5.02 Å². The maximum atomic E-state index is 5.95. The van der Waals surface area contributed by atoms with Gasteiger partial charge < -0.3 is 10.2 Å². The summed E-state index contributed by atoms with van der Waals surface area (Å²) in [7, 11) is 0. The first kappa shape index (κ1) is 15.8. The lowest BCUT2D eigenvalue weighted by Gasteiger charge is -2.30. The lowest BCUT2D eigenvalue weighted by Crippen LogP contribution is -2.38. The molecule has 1 fully saturated rings. The van der Waals surface area contributed by atoms with Crippen molar-refractivity contribution >= 4 is 11.6 Å². The number of hydrogen-bond donors (Lipinski definition) is 1. The number of likely N-dealkylation sites (tertiary alicyclic amines) is 1. The molecule has 0 spiro atoms. The van der Waals surface area contributed by atoms with Gasteiger partial charge >= 0.3 is 0 Å². The molecule has 3 heteroatoms. The molecule has 1 aromatic rings. The van der Waals surface area contributed by atoms with E-state index in [9.17, 15) is 0 Å². The first-order valence-corrected chi connectivity index (χ1v) is 8.28. The molecule has 20 heavy (non-hydrogen) atoms. The molecule has 1 N–H and O–H groups in total. The van der Waals surface area contributed by atoms with Gasteiger partial charge in [-0.2, -0.15) is 0 Å². The highest BCUT2D eigenvalue weighted by Crippen LogP contribution is 2.19. The molecule has 1 atom stereocenters. The Morgan fingerprint density at radius 1 is 1.25 bits per heavy atom. The highest BCUT2D eigenvalue weighted by molar-refractivity contribution is 6.30. The van der Waals surface area contributed by atoms with Gasteiger partial charge in [0, 0.05) is 24.2 Å².